The summed E-state index contributed by atoms with van der Waals surface area (Å²) in [6, 6.07) is 1.06. The predicted molar refractivity (Wildman–Crippen MR) is 38.7 cm³/mol. The Labute approximate surface area is 72.2 Å². The monoisotopic (exact) mass is 195 g/mol. The lowest BCUT2D eigenvalue weighted by molar-refractivity contribution is 0.149. The number of aromatic nitrogens is 1. The van der Waals surface area contributed by atoms with E-state index in [-0.39, 0.29) is 11.4 Å². The molecule has 0 saturated carbocycles. The Morgan fingerprint density at radius 3 is 2.58 bits per heavy atom. The predicted octanol–water partition coefficient (Wildman–Crippen LogP) is 2.90. The highest BCUT2D eigenvalue weighted by Crippen LogP contribution is 2.24. The van der Waals surface area contributed by atoms with Crippen LogP contribution in [0.4, 0.5) is 13.2 Å². The molecule has 12 heavy (non-hydrogen) atoms. The molecule has 1 heterocycles. The Morgan fingerprint density at radius 2 is 2.17 bits per heavy atom. The Bertz CT molecular complexity index is 277. The number of hydrogen-bond donors (Lipinski definition) is 0. The largest absolute Gasteiger partial charge is 0.264 e. The molecule has 0 unspecified atom stereocenters. The molecule has 0 N–H and O–H groups in total. The average Bonchev–Trinajstić information content (AvgIpc) is 2.03. The lowest BCUT2D eigenvalue weighted by Gasteiger charge is -2.04. The zero-order valence-electron chi connectivity index (χ0n) is 5.90. The van der Waals surface area contributed by atoms with Gasteiger partial charge in [-0.1, -0.05) is 0 Å². The van der Waals surface area contributed by atoms with Gasteiger partial charge in [0, 0.05) is 17.3 Å². The summed E-state index contributed by atoms with van der Waals surface area (Å²) in [6.07, 6.45) is -1.72. The number of hydrogen-bond acceptors (Lipinski definition) is 1. The molecule has 0 amide bonds. The summed E-state index contributed by atoms with van der Waals surface area (Å²) in [4.78, 5) is 3.21. The van der Waals surface area contributed by atoms with Crippen LogP contribution < -0.4 is 0 Å². The van der Waals surface area contributed by atoms with Crippen LogP contribution in [0.15, 0.2) is 12.3 Å². The van der Waals surface area contributed by atoms with Gasteiger partial charge in [-0.05, 0) is 6.07 Å². The highest BCUT2D eigenvalue weighted by atomic mass is 35.5. The second-order valence-corrected chi connectivity index (χ2v) is 2.37. The molecule has 0 aliphatic rings. The number of halogens is 4. The Morgan fingerprint density at radius 1 is 1.50 bits per heavy atom. The maximum absolute atomic E-state index is 12.7. The lowest BCUT2D eigenvalue weighted by Crippen LogP contribution is -1.98. The summed E-state index contributed by atoms with van der Waals surface area (Å²) < 4.78 is 37.0. The standard InChI is InChI=1S/C7H5ClF3N/c8-3-5-4(6(9)10)1-2-12-7(5)11/h1-2,6H,3H2. The van der Waals surface area contributed by atoms with Gasteiger partial charge in [-0.15, -0.1) is 11.6 Å². The molecule has 1 aromatic rings. The fraction of sp³-hybridized carbons (Fsp3) is 0.286. The molecule has 1 aromatic heterocycles. The van der Waals surface area contributed by atoms with E-state index in [2.05, 4.69) is 4.98 Å². The molecule has 0 fully saturated rings. The molecule has 0 spiro atoms. The fourth-order valence-electron chi connectivity index (χ4n) is 0.817. The molecule has 5 heteroatoms. The minimum absolute atomic E-state index is 0.228. The third-order valence-electron chi connectivity index (χ3n) is 1.41. The van der Waals surface area contributed by atoms with Crippen molar-refractivity contribution in [2.75, 3.05) is 0 Å². The molecule has 0 radical (unpaired) electrons. The first-order valence-corrected chi connectivity index (χ1v) is 3.67. The highest BCUT2D eigenvalue weighted by Gasteiger charge is 2.15. The summed E-state index contributed by atoms with van der Waals surface area (Å²) in [5.74, 6) is -1.22. The van der Waals surface area contributed by atoms with Gasteiger partial charge in [-0.25, -0.2) is 13.8 Å². The molecule has 66 valence electrons. The van der Waals surface area contributed by atoms with Crippen molar-refractivity contribution in [1.82, 2.24) is 4.98 Å². The van der Waals surface area contributed by atoms with Crippen molar-refractivity contribution < 1.29 is 13.2 Å². The third-order valence-corrected chi connectivity index (χ3v) is 1.68. The number of rotatable bonds is 2. The van der Waals surface area contributed by atoms with E-state index in [0.717, 1.165) is 12.3 Å². The molecular weight excluding hydrogens is 191 g/mol. The molecule has 0 aliphatic carbocycles. The first-order valence-electron chi connectivity index (χ1n) is 3.14. The van der Waals surface area contributed by atoms with Gasteiger partial charge >= 0.3 is 0 Å². The Kier molecular flexibility index (Phi) is 2.92. The van der Waals surface area contributed by atoms with Gasteiger partial charge in [0.1, 0.15) is 0 Å². The van der Waals surface area contributed by atoms with Crippen LogP contribution in [0.25, 0.3) is 0 Å². The van der Waals surface area contributed by atoms with E-state index >= 15 is 0 Å². The Balaban J connectivity index is 3.18. The van der Waals surface area contributed by atoms with E-state index in [0.29, 0.717) is 0 Å². The summed E-state index contributed by atoms with van der Waals surface area (Å²) in [5.41, 5.74) is -0.619. The van der Waals surface area contributed by atoms with Crippen LogP contribution in [0.3, 0.4) is 0 Å². The zero-order chi connectivity index (χ0) is 9.14. The van der Waals surface area contributed by atoms with Crippen molar-refractivity contribution in [3.05, 3.63) is 29.3 Å². The topological polar surface area (TPSA) is 12.9 Å². The molecule has 0 aromatic carbocycles. The van der Waals surface area contributed by atoms with Crippen LogP contribution in [0.5, 0.6) is 0 Å². The number of pyridine rings is 1. The third kappa shape index (κ3) is 1.69. The summed E-state index contributed by atoms with van der Waals surface area (Å²) in [6.45, 7) is 0. The zero-order valence-corrected chi connectivity index (χ0v) is 6.65. The van der Waals surface area contributed by atoms with Crippen LogP contribution in [-0.2, 0) is 5.88 Å². The molecule has 0 atom stereocenters. The smallest absolute Gasteiger partial charge is 0.228 e. The first-order chi connectivity index (χ1) is 5.66. The van der Waals surface area contributed by atoms with Gasteiger partial charge in [0.05, 0.1) is 5.88 Å². The highest BCUT2D eigenvalue weighted by molar-refractivity contribution is 6.17. The van der Waals surface area contributed by atoms with Crippen LogP contribution in [0, 0.1) is 5.95 Å². The van der Waals surface area contributed by atoms with Gasteiger partial charge in [-0.2, -0.15) is 4.39 Å². The van der Waals surface area contributed by atoms with E-state index in [9.17, 15) is 13.2 Å². The molecular formula is C7H5ClF3N. The van der Waals surface area contributed by atoms with E-state index < -0.39 is 17.9 Å². The normalized spacial score (nSPS) is 10.8. The number of nitrogens with zero attached hydrogens (tertiary/aromatic N) is 1. The van der Waals surface area contributed by atoms with Crippen molar-refractivity contribution in [2.24, 2.45) is 0 Å². The van der Waals surface area contributed by atoms with Gasteiger partial charge in [0.15, 0.2) is 0 Å². The average molecular weight is 196 g/mol. The lowest BCUT2D eigenvalue weighted by atomic mass is 10.1. The van der Waals surface area contributed by atoms with Crippen molar-refractivity contribution in [3.8, 4) is 0 Å². The minimum atomic E-state index is -2.71. The molecule has 1 rings (SSSR count). The summed E-state index contributed by atoms with van der Waals surface area (Å²) in [7, 11) is 0. The van der Waals surface area contributed by atoms with Crippen molar-refractivity contribution in [1.29, 1.82) is 0 Å². The van der Waals surface area contributed by atoms with Gasteiger partial charge in [-0.3, -0.25) is 0 Å². The van der Waals surface area contributed by atoms with E-state index in [1.54, 1.807) is 0 Å². The van der Waals surface area contributed by atoms with Crippen LogP contribution in [-0.4, -0.2) is 4.98 Å². The van der Waals surface area contributed by atoms with E-state index in [4.69, 9.17) is 11.6 Å². The van der Waals surface area contributed by atoms with Crippen molar-refractivity contribution in [3.63, 3.8) is 0 Å². The maximum atomic E-state index is 12.7. The SMILES string of the molecule is Fc1nccc(C(F)F)c1CCl. The van der Waals surface area contributed by atoms with Crippen molar-refractivity contribution >= 4 is 11.6 Å². The van der Waals surface area contributed by atoms with Gasteiger partial charge < -0.3 is 0 Å². The molecule has 0 aliphatic heterocycles. The molecule has 1 nitrogen and oxygen atoms in total. The van der Waals surface area contributed by atoms with Gasteiger partial charge in [0.25, 0.3) is 6.43 Å². The quantitative estimate of drug-likeness (QED) is 0.522. The molecule has 0 bridgehead atoms. The second kappa shape index (κ2) is 3.76. The first kappa shape index (κ1) is 9.32. The Hall–Kier alpha value is -0.770. The summed E-state index contributed by atoms with van der Waals surface area (Å²) >= 11 is 5.27. The fourth-order valence-corrected chi connectivity index (χ4v) is 1.08. The van der Waals surface area contributed by atoms with E-state index in [1.165, 1.54) is 0 Å². The van der Waals surface area contributed by atoms with Gasteiger partial charge in [0.2, 0.25) is 5.95 Å². The van der Waals surface area contributed by atoms with Crippen LogP contribution in [0.1, 0.15) is 17.6 Å². The second-order valence-electron chi connectivity index (χ2n) is 2.10. The minimum Gasteiger partial charge on any atom is -0.228 e. The summed E-state index contributed by atoms with van der Waals surface area (Å²) in [5, 5.41) is 0. The van der Waals surface area contributed by atoms with E-state index in [1.807, 2.05) is 0 Å². The maximum Gasteiger partial charge on any atom is 0.264 e. The van der Waals surface area contributed by atoms with Crippen LogP contribution >= 0.6 is 11.6 Å². The van der Waals surface area contributed by atoms with Crippen LogP contribution in [0.2, 0.25) is 0 Å². The molecule has 0 saturated heterocycles. The van der Waals surface area contributed by atoms with Crippen molar-refractivity contribution in [2.45, 2.75) is 12.3 Å². The number of alkyl halides is 3.